The molecule has 0 fully saturated rings. The number of fused-ring (bicyclic) bond motifs is 3. The van der Waals surface area contributed by atoms with Crippen LogP contribution in [0.1, 0.15) is 95.7 Å². The van der Waals surface area contributed by atoms with E-state index in [9.17, 15) is 0 Å². The fraction of sp³-hybridized carbons (Fsp3) is 0.375. The zero-order valence-corrected chi connectivity index (χ0v) is 55.7. The molecule has 0 radical (unpaired) electrons. The first kappa shape index (κ1) is 59.9. The minimum Gasteiger partial charge on any atom is -0.200 e. The van der Waals surface area contributed by atoms with Crippen LogP contribution < -0.4 is 29.3 Å². The summed E-state index contributed by atoms with van der Waals surface area (Å²) in [7, 11) is 1.85. The second-order valence-corrected chi connectivity index (χ2v) is 43.7. The normalized spacial score (nSPS) is 12.6. The van der Waals surface area contributed by atoms with Gasteiger partial charge in [0.1, 0.15) is 21.1 Å². The molecule has 3 heterocycles. The first-order chi connectivity index (χ1) is 36.1. The van der Waals surface area contributed by atoms with Gasteiger partial charge in [0.2, 0.25) is 17.1 Å². The molecule has 9 aromatic rings. The maximum atomic E-state index is 2.49. The number of aryl methyl sites for hydroxylation is 8. The van der Waals surface area contributed by atoms with E-state index in [1.54, 1.807) is 10.4 Å². The Labute approximate surface area is 475 Å². The molecule has 3 aromatic heterocycles. The third-order valence-electron chi connectivity index (χ3n) is 19.3. The SMILES string of the molecule is Cc1cc(C)c(C)c(-c2c3ccc([Si](C)(C)C(C)(C)C)cc3cc[n+]2C)c1.Cc1ccc(C)c(-c2c3ccc([Si](C)(C)C(C)(C)C)cc3cc[n+]2C)c1.Cc1ccccc1-c1c2ccc([Si](C)(C)C(C)(C)C)cc2cc[n+]1C. The Kier molecular flexibility index (Phi) is 16.9. The van der Waals surface area contributed by atoms with Crippen molar-refractivity contribution in [3.63, 3.8) is 0 Å². The van der Waals surface area contributed by atoms with Gasteiger partial charge in [0.25, 0.3) is 0 Å². The third-order valence-corrected chi connectivity index (χ3v) is 35.8. The number of nitrogens with zero attached hydrogens (tertiary/aromatic N) is 3. The summed E-state index contributed by atoms with van der Waals surface area (Å²) in [4.78, 5) is 0. The molecule has 6 heteroatoms. The first-order valence-electron chi connectivity index (χ1n) is 28.6. The van der Waals surface area contributed by atoms with Crippen molar-refractivity contribution in [2.75, 3.05) is 0 Å². The Morgan fingerprint density at radius 2 is 0.667 bits per heavy atom. The van der Waals surface area contributed by atoms with Gasteiger partial charge in [-0.05, 0) is 131 Å². The van der Waals surface area contributed by atoms with E-state index in [0.717, 1.165) is 0 Å². The van der Waals surface area contributed by atoms with Gasteiger partial charge in [0, 0.05) is 29.3 Å². The summed E-state index contributed by atoms with van der Waals surface area (Å²) in [6.45, 7) is 49.6. The van der Waals surface area contributed by atoms with E-state index in [0.29, 0.717) is 15.1 Å². The summed E-state index contributed by atoms with van der Waals surface area (Å²) >= 11 is 0. The van der Waals surface area contributed by atoms with Crippen molar-refractivity contribution in [3.8, 4) is 33.8 Å². The van der Waals surface area contributed by atoms with Crippen LogP contribution >= 0.6 is 0 Å². The van der Waals surface area contributed by atoms with Crippen LogP contribution in [0, 0.1) is 41.5 Å². The fourth-order valence-electron chi connectivity index (χ4n) is 10.7. The lowest BCUT2D eigenvalue weighted by Crippen LogP contribution is -2.49. The van der Waals surface area contributed by atoms with Gasteiger partial charge in [0.05, 0.1) is 45.9 Å². The molecule has 0 bridgehead atoms. The Morgan fingerprint density at radius 1 is 0.321 bits per heavy atom. The second-order valence-electron chi connectivity index (χ2n) is 27.7. The van der Waals surface area contributed by atoms with Crippen molar-refractivity contribution in [1.82, 2.24) is 0 Å². The predicted molar refractivity (Wildman–Crippen MR) is 351 cm³/mol. The molecule has 0 N–H and O–H groups in total. The number of rotatable bonds is 6. The van der Waals surface area contributed by atoms with Crippen molar-refractivity contribution in [2.24, 2.45) is 21.1 Å². The fourth-order valence-corrected chi connectivity index (χ4v) is 16.4. The van der Waals surface area contributed by atoms with Gasteiger partial charge in [-0.2, -0.15) is 0 Å². The van der Waals surface area contributed by atoms with Gasteiger partial charge in [0.15, 0.2) is 18.6 Å². The van der Waals surface area contributed by atoms with Crippen LogP contribution in [0.25, 0.3) is 66.1 Å². The molecule has 0 saturated carbocycles. The average Bonchev–Trinajstić information content (AvgIpc) is 3.44. The van der Waals surface area contributed by atoms with E-state index in [1.807, 2.05) is 0 Å². The van der Waals surface area contributed by atoms with Crippen molar-refractivity contribution < 1.29 is 13.7 Å². The van der Waals surface area contributed by atoms with Crippen LogP contribution in [0.4, 0.5) is 0 Å². The first-order valence-corrected chi connectivity index (χ1v) is 37.6. The summed E-state index contributed by atoms with van der Waals surface area (Å²) in [5, 5.41) is 13.7. The minimum atomic E-state index is -1.54. The third kappa shape index (κ3) is 11.7. The molecular weight excluding hydrogens is 991 g/mol. The van der Waals surface area contributed by atoms with Gasteiger partial charge < -0.3 is 0 Å². The highest BCUT2D eigenvalue weighted by Gasteiger charge is 2.39. The molecule has 0 aliphatic rings. The molecule has 0 amide bonds. The molecule has 3 nitrogen and oxygen atoms in total. The second kappa shape index (κ2) is 22.0. The smallest absolute Gasteiger partial charge is 0.200 e. The van der Waals surface area contributed by atoms with Gasteiger partial charge in [-0.25, -0.2) is 13.7 Å². The summed E-state index contributed by atoms with van der Waals surface area (Å²) in [6.07, 6.45) is 6.61. The highest BCUT2D eigenvalue weighted by Crippen LogP contribution is 2.40. The van der Waals surface area contributed by atoms with Crippen LogP contribution in [0.2, 0.25) is 54.4 Å². The number of aromatic nitrogens is 3. The molecule has 408 valence electrons. The molecule has 0 aliphatic carbocycles. The standard InChI is InChI=1S/C25H34NSi.C24H32NSi.C23H30NSi/c1-17-14-18(2)19(3)23(15-17)24-22-11-10-21(27(8,9)25(4,5)6)16-20(22)12-13-26(24)7;1-17-9-10-18(2)22(15-17)23-21-12-11-20(26(7,8)24(3,4)5)16-19(21)13-14-25(23)6;1-17-10-8-9-11-20(17)22-21-13-12-19(25(6,7)23(2,3)4)16-18(21)14-15-24(22)5/h10-16H,1-9H3;9-16H,1-8H3;8-16H,1-7H3/q3*+1. The van der Waals surface area contributed by atoms with Crippen molar-refractivity contribution in [2.45, 2.75) is 158 Å². The zero-order valence-electron chi connectivity index (χ0n) is 52.7. The number of hydrogen-bond acceptors (Lipinski definition) is 0. The van der Waals surface area contributed by atoms with E-state index in [2.05, 4.69) is 324 Å². The summed E-state index contributed by atoms with van der Waals surface area (Å²) in [5.74, 6) is 0. The highest BCUT2D eigenvalue weighted by molar-refractivity contribution is 6.93. The molecule has 0 spiro atoms. The lowest BCUT2D eigenvalue weighted by Gasteiger charge is -2.37. The van der Waals surface area contributed by atoms with Crippen LogP contribution in [0.3, 0.4) is 0 Å². The lowest BCUT2D eigenvalue weighted by molar-refractivity contribution is -0.659. The van der Waals surface area contributed by atoms with E-state index >= 15 is 0 Å². The van der Waals surface area contributed by atoms with Gasteiger partial charge >= 0.3 is 0 Å². The Hall–Kier alpha value is -5.80. The van der Waals surface area contributed by atoms with E-state index in [1.165, 1.54) is 105 Å². The monoisotopic (exact) mass is 1090 g/mol. The van der Waals surface area contributed by atoms with E-state index in [4.69, 9.17) is 0 Å². The zero-order chi connectivity index (χ0) is 57.8. The summed E-state index contributed by atoms with van der Waals surface area (Å²) < 4.78 is 6.78. The number of pyridine rings is 3. The predicted octanol–water partition coefficient (Wildman–Crippen LogP) is 17.0. The molecule has 0 aliphatic heterocycles. The molecule has 0 saturated heterocycles. The van der Waals surface area contributed by atoms with Crippen LogP contribution in [-0.4, -0.2) is 24.2 Å². The topological polar surface area (TPSA) is 11.6 Å². The average molecular weight is 1090 g/mol. The molecule has 78 heavy (non-hydrogen) atoms. The van der Waals surface area contributed by atoms with E-state index in [-0.39, 0.29) is 0 Å². The highest BCUT2D eigenvalue weighted by atomic mass is 28.3. The van der Waals surface area contributed by atoms with Crippen LogP contribution in [0.5, 0.6) is 0 Å². The largest absolute Gasteiger partial charge is 0.220 e. The molecule has 6 aromatic carbocycles. The van der Waals surface area contributed by atoms with Gasteiger partial charge in [-0.15, -0.1) is 0 Å². The summed E-state index contributed by atoms with van der Waals surface area (Å²) in [5.41, 5.74) is 15.9. The van der Waals surface area contributed by atoms with Crippen LogP contribution in [0.15, 0.2) is 146 Å². The lowest BCUT2D eigenvalue weighted by atomic mass is 9.94. The Bertz CT molecular complexity index is 3710. The molecule has 0 unspecified atom stereocenters. The summed E-state index contributed by atoms with van der Waals surface area (Å²) in [6, 6.07) is 48.3. The Morgan fingerprint density at radius 3 is 1.05 bits per heavy atom. The minimum absolute atomic E-state index is 0.340. The van der Waals surface area contributed by atoms with Crippen LogP contribution in [-0.2, 0) is 21.1 Å². The van der Waals surface area contributed by atoms with Gasteiger partial charge in [-0.3, -0.25) is 0 Å². The maximum absolute atomic E-state index is 2.49. The van der Waals surface area contributed by atoms with E-state index < -0.39 is 24.2 Å². The van der Waals surface area contributed by atoms with Crippen molar-refractivity contribution >= 4 is 72.1 Å². The quantitative estimate of drug-likeness (QED) is 0.116. The van der Waals surface area contributed by atoms with Crippen molar-refractivity contribution in [3.05, 3.63) is 179 Å². The molecule has 0 atom stereocenters. The molecule has 9 rings (SSSR count). The molecular formula is C72H96N3Si3+3. The number of benzene rings is 6. The Balaban J connectivity index is 0.000000170. The van der Waals surface area contributed by atoms with Crippen molar-refractivity contribution in [1.29, 1.82) is 0 Å². The maximum Gasteiger partial charge on any atom is 0.220 e. The van der Waals surface area contributed by atoms with Gasteiger partial charge in [-0.1, -0.05) is 201 Å². The number of hydrogen-bond donors (Lipinski definition) is 0.